The van der Waals surface area contributed by atoms with Crippen molar-refractivity contribution in [2.45, 2.75) is 13.3 Å². The van der Waals surface area contributed by atoms with Gasteiger partial charge in [-0.3, -0.25) is 15.0 Å². The minimum absolute atomic E-state index is 0.0118. The van der Waals surface area contributed by atoms with Crippen LogP contribution >= 0.6 is 0 Å². The predicted octanol–water partition coefficient (Wildman–Crippen LogP) is 0.690. The molecule has 1 saturated heterocycles. The summed E-state index contributed by atoms with van der Waals surface area (Å²) in [4.78, 5) is 23.2. The summed E-state index contributed by atoms with van der Waals surface area (Å²) in [5, 5.41) is 3.89. The molecular formula is C15H18N4O3. The Morgan fingerprint density at radius 2 is 2.23 bits per heavy atom. The summed E-state index contributed by atoms with van der Waals surface area (Å²) >= 11 is 0. The monoisotopic (exact) mass is 302 g/mol. The summed E-state index contributed by atoms with van der Waals surface area (Å²) in [7, 11) is 0. The Bertz CT molecular complexity index is 597. The van der Waals surface area contributed by atoms with Gasteiger partial charge in [0.25, 0.3) is 0 Å². The van der Waals surface area contributed by atoms with Crippen LogP contribution in [0.15, 0.2) is 41.6 Å². The highest BCUT2D eigenvalue weighted by Gasteiger charge is 2.29. The zero-order valence-corrected chi connectivity index (χ0v) is 12.3. The molecule has 7 heteroatoms. The average molecular weight is 302 g/mol. The molecule has 0 aromatic heterocycles. The van der Waals surface area contributed by atoms with Crippen LogP contribution in [0.3, 0.4) is 0 Å². The van der Waals surface area contributed by atoms with Gasteiger partial charge in [-0.25, -0.2) is 5.43 Å². The van der Waals surface area contributed by atoms with E-state index in [4.69, 9.17) is 4.74 Å². The number of benzene rings is 1. The van der Waals surface area contributed by atoms with Crippen molar-refractivity contribution in [1.82, 2.24) is 16.3 Å². The van der Waals surface area contributed by atoms with Crippen molar-refractivity contribution in [3.05, 3.63) is 42.1 Å². The zero-order chi connectivity index (χ0) is 15.9. The molecule has 1 aliphatic rings. The van der Waals surface area contributed by atoms with Crippen LogP contribution in [0, 0.1) is 5.92 Å². The normalized spacial score (nSPS) is 17.2. The van der Waals surface area contributed by atoms with E-state index in [2.05, 4.69) is 28.0 Å². The summed E-state index contributed by atoms with van der Waals surface area (Å²) in [6.07, 6.45) is 1.49. The number of para-hydroxylation sites is 1. The highest BCUT2D eigenvalue weighted by Crippen LogP contribution is 2.16. The zero-order valence-electron chi connectivity index (χ0n) is 12.3. The maximum absolute atomic E-state index is 11.8. The Kier molecular flexibility index (Phi) is 5.13. The SMILES string of the molecule is C=C1NNC(=O)[C@H]1CC(=O)NN=Cc1ccccc1OCC. The summed E-state index contributed by atoms with van der Waals surface area (Å²) in [6, 6.07) is 7.37. The lowest BCUT2D eigenvalue weighted by Gasteiger charge is -2.07. The second-order valence-corrected chi connectivity index (χ2v) is 4.66. The molecule has 1 fully saturated rings. The second-order valence-electron chi connectivity index (χ2n) is 4.66. The standard InChI is InChI=1S/C15H18N4O3/c1-3-22-13-7-5-4-6-11(13)9-16-18-14(20)8-12-10(2)17-19-15(12)21/h4-7,9,12,17H,2-3,8H2,1H3,(H,18,20)(H,19,21)/t12-/m0/s1. The van der Waals surface area contributed by atoms with Crippen LogP contribution in [0.1, 0.15) is 18.9 Å². The molecule has 2 rings (SSSR count). The molecule has 0 saturated carbocycles. The summed E-state index contributed by atoms with van der Waals surface area (Å²) in [5.74, 6) is -0.525. The van der Waals surface area contributed by atoms with Crippen LogP contribution in [0.2, 0.25) is 0 Å². The Morgan fingerprint density at radius 3 is 2.91 bits per heavy atom. The van der Waals surface area contributed by atoms with Crippen LogP contribution in [0.25, 0.3) is 0 Å². The lowest BCUT2D eigenvalue weighted by molar-refractivity contribution is -0.127. The van der Waals surface area contributed by atoms with Crippen molar-refractivity contribution in [2.24, 2.45) is 11.0 Å². The summed E-state index contributed by atoms with van der Waals surface area (Å²) < 4.78 is 5.45. The highest BCUT2D eigenvalue weighted by molar-refractivity contribution is 5.90. The van der Waals surface area contributed by atoms with Gasteiger partial charge >= 0.3 is 0 Å². The van der Waals surface area contributed by atoms with Crippen LogP contribution in [-0.2, 0) is 9.59 Å². The minimum Gasteiger partial charge on any atom is -0.493 e. The quantitative estimate of drug-likeness (QED) is 0.532. The van der Waals surface area contributed by atoms with Gasteiger partial charge in [-0.15, -0.1) is 0 Å². The lowest BCUT2D eigenvalue weighted by Crippen LogP contribution is -2.27. The van der Waals surface area contributed by atoms with Crippen LogP contribution < -0.4 is 21.0 Å². The van der Waals surface area contributed by atoms with Crippen LogP contribution in [0.5, 0.6) is 5.75 Å². The van der Waals surface area contributed by atoms with Gasteiger partial charge in [0, 0.05) is 17.7 Å². The van der Waals surface area contributed by atoms with E-state index >= 15 is 0 Å². The van der Waals surface area contributed by atoms with Crippen LogP contribution in [-0.4, -0.2) is 24.6 Å². The Morgan fingerprint density at radius 1 is 1.45 bits per heavy atom. The van der Waals surface area contributed by atoms with Gasteiger partial charge in [0.2, 0.25) is 11.8 Å². The maximum Gasteiger partial charge on any atom is 0.247 e. The number of carbonyl (C=O) groups excluding carboxylic acids is 2. The van der Waals surface area contributed by atoms with Crippen molar-refractivity contribution in [3.8, 4) is 5.75 Å². The van der Waals surface area contributed by atoms with Gasteiger partial charge in [0.1, 0.15) is 5.75 Å². The number of hydrazine groups is 1. The third kappa shape index (κ3) is 3.85. The fourth-order valence-electron chi connectivity index (χ4n) is 1.97. The number of carbonyl (C=O) groups is 2. The van der Waals surface area contributed by atoms with Gasteiger partial charge in [-0.1, -0.05) is 18.7 Å². The van der Waals surface area contributed by atoms with Gasteiger partial charge in [-0.05, 0) is 19.1 Å². The molecule has 0 radical (unpaired) electrons. The second kappa shape index (κ2) is 7.26. The fourth-order valence-corrected chi connectivity index (χ4v) is 1.97. The molecule has 0 bridgehead atoms. The van der Waals surface area contributed by atoms with Crippen molar-refractivity contribution < 1.29 is 14.3 Å². The molecule has 2 amide bonds. The number of hydrogen-bond donors (Lipinski definition) is 3. The number of hydrogen-bond acceptors (Lipinski definition) is 5. The van der Waals surface area contributed by atoms with E-state index in [1.165, 1.54) is 6.21 Å². The van der Waals surface area contributed by atoms with Crippen molar-refractivity contribution in [2.75, 3.05) is 6.61 Å². The molecule has 0 spiro atoms. The molecule has 1 aliphatic heterocycles. The summed E-state index contributed by atoms with van der Waals surface area (Å²) in [5.41, 5.74) is 8.63. The van der Waals surface area contributed by atoms with E-state index in [0.717, 1.165) is 5.56 Å². The van der Waals surface area contributed by atoms with E-state index in [0.29, 0.717) is 18.1 Å². The first-order valence-electron chi connectivity index (χ1n) is 6.90. The molecule has 0 aliphatic carbocycles. The smallest absolute Gasteiger partial charge is 0.247 e. The van der Waals surface area contributed by atoms with Crippen LogP contribution in [0.4, 0.5) is 0 Å². The van der Waals surface area contributed by atoms with Crippen molar-refractivity contribution in [1.29, 1.82) is 0 Å². The molecule has 1 atom stereocenters. The van der Waals surface area contributed by atoms with Crippen molar-refractivity contribution >= 4 is 18.0 Å². The number of hydrazone groups is 1. The number of nitrogens with one attached hydrogen (secondary N) is 3. The topological polar surface area (TPSA) is 91.8 Å². The predicted molar refractivity (Wildman–Crippen MR) is 81.9 cm³/mol. The third-order valence-corrected chi connectivity index (χ3v) is 3.08. The minimum atomic E-state index is -0.578. The summed E-state index contributed by atoms with van der Waals surface area (Å²) in [6.45, 7) is 6.11. The molecule has 7 nitrogen and oxygen atoms in total. The Hall–Kier alpha value is -2.83. The molecule has 1 aromatic carbocycles. The largest absolute Gasteiger partial charge is 0.493 e. The Labute approximate surface area is 128 Å². The van der Waals surface area contributed by atoms with E-state index in [1.807, 2.05) is 31.2 Å². The number of rotatable bonds is 6. The molecule has 116 valence electrons. The highest BCUT2D eigenvalue weighted by atomic mass is 16.5. The van der Waals surface area contributed by atoms with E-state index in [1.54, 1.807) is 0 Å². The number of amides is 2. The molecular weight excluding hydrogens is 284 g/mol. The van der Waals surface area contributed by atoms with Gasteiger partial charge in [0.15, 0.2) is 0 Å². The van der Waals surface area contributed by atoms with Crippen molar-refractivity contribution in [3.63, 3.8) is 0 Å². The van der Waals surface area contributed by atoms with E-state index in [-0.39, 0.29) is 18.2 Å². The van der Waals surface area contributed by atoms with Gasteiger partial charge in [0.05, 0.1) is 18.7 Å². The first-order valence-corrected chi connectivity index (χ1v) is 6.90. The number of nitrogens with zero attached hydrogens (tertiary/aromatic N) is 1. The molecule has 1 heterocycles. The Balaban J connectivity index is 1.91. The molecule has 0 unspecified atom stereocenters. The molecule has 3 N–H and O–H groups in total. The molecule has 22 heavy (non-hydrogen) atoms. The first kappa shape index (κ1) is 15.6. The average Bonchev–Trinajstić information content (AvgIpc) is 2.81. The maximum atomic E-state index is 11.8. The van der Waals surface area contributed by atoms with E-state index in [9.17, 15) is 9.59 Å². The molecule has 1 aromatic rings. The van der Waals surface area contributed by atoms with E-state index < -0.39 is 5.92 Å². The third-order valence-electron chi connectivity index (χ3n) is 3.08. The van der Waals surface area contributed by atoms with Gasteiger partial charge in [-0.2, -0.15) is 5.10 Å². The first-order chi connectivity index (χ1) is 10.6. The van der Waals surface area contributed by atoms with Gasteiger partial charge < -0.3 is 10.2 Å². The lowest BCUT2D eigenvalue weighted by atomic mass is 10.0. The number of ether oxygens (including phenoxy) is 1. The fraction of sp³-hybridized carbons (Fsp3) is 0.267.